The summed E-state index contributed by atoms with van der Waals surface area (Å²) >= 11 is 0. The SMILES string of the molecule is CCCNC(=O)[C@@H](Cc1ccccc1)N(Cc1ccc(C)cc1)C(=O)CCCN(c1ccccc1OCC)S(C)(=O)=O. The van der Waals surface area contributed by atoms with Crippen LogP contribution >= 0.6 is 0 Å². The molecule has 0 bridgehead atoms. The minimum absolute atomic E-state index is 0.0705. The number of aryl methyl sites for hydroxylation is 1. The third-order valence-corrected chi connectivity index (χ3v) is 8.06. The van der Waals surface area contributed by atoms with E-state index in [0.717, 1.165) is 29.4 Å². The smallest absolute Gasteiger partial charge is 0.243 e. The number of hydrogen-bond acceptors (Lipinski definition) is 5. The molecule has 0 fully saturated rings. The van der Waals surface area contributed by atoms with Crippen molar-refractivity contribution in [1.82, 2.24) is 10.2 Å². The number of rotatable bonds is 16. The molecule has 0 aliphatic carbocycles. The molecule has 0 aliphatic heterocycles. The number of para-hydroxylation sites is 2. The number of carbonyl (C=O) groups excluding carboxylic acids is 2. The van der Waals surface area contributed by atoms with Gasteiger partial charge in [0.25, 0.3) is 0 Å². The third kappa shape index (κ3) is 9.62. The van der Waals surface area contributed by atoms with Crippen molar-refractivity contribution >= 4 is 27.5 Å². The zero-order valence-electron chi connectivity index (χ0n) is 25.1. The highest BCUT2D eigenvalue weighted by Crippen LogP contribution is 2.30. The Bertz CT molecular complexity index is 1390. The van der Waals surface area contributed by atoms with Gasteiger partial charge in [-0.15, -0.1) is 0 Å². The summed E-state index contributed by atoms with van der Waals surface area (Å²) in [6.07, 6.45) is 2.63. The molecule has 1 N–H and O–H groups in total. The van der Waals surface area contributed by atoms with E-state index >= 15 is 0 Å². The van der Waals surface area contributed by atoms with Gasteiger partial charge in [-0.05, 0) is 49.9 Å². The molecule has 0 saturated carbocycles. The van der Waals surface area contributed by atoms with Crippen LogP contribution in [0.1, 0.15) is 49.8 Å². The number of ether oxygens (including phenoxy) is 1. The lowest BCUT2D eigenvalue weighted by Crippen LogP contribution is -2.50. The first-order valence-electron chi connectivity index (χ1n) is 14.5. The molecule has 3 aromatic carbocycles. The molecule has 1 atom stereocenters. The van der Waals surface area contributed by atoms with Crippen LogP contribution in [0.5, 0.6) is 5.75 Å². The van der Waals surface area contributed by atoms with Crippen LogP contribution in [0, 0.1) is 6.92 Å². The fraction of sp³-hybridized carbons (Fsp3) is 0.394. The standard InChI is InChI=1S/C33H43N3O5S/c1-5-22-34-33(38)30(24-27-13-8-7-9-14-27)35(25-28-20-18-26(3)19-21-28)32(37)17-12-23-36(42(4,39)40)29-15-10-11-16-31(29)41-6-2/h7-11,13-16,18-21,30H,5-6,12,17,22-25H2,1-4H3,(H,34,38)/t30-/m1/s1. The minimum Gasteiger partial charge on any atom is -0.492 e. The number of anilines is 1. The fourth-order valence-electron chi connectivity index (χ4n) is 4.73. The molecule has 3 aromatic rings. The van der Waals surface area contributed by atoms with Crippen LogP contribution in [0.25, 0.3) is 0 Å². The van der Waals surface area contributed by atoms with E-state index in [0.29, 0.717) is 31.0 Å². The number of sulfonamides is 1. The van der Waals surface area contributed by atoms with Gasteiger partial charge in [0.15, 0.2) is 0 Å². The Morgan fingerprint density at radius 2 is 1.57 bits per heavy atom. The predicted molar refractivity (Wildman–Crippen MR) is 168 cm³/mol. The fourth-order valence-corrected chi connectivity index (χ4v) is 5.70. The average molecular weight is 594 g/mol. The van der Waals surface area contributed by atoms with Gasteiger partial charge in [-0.3, -0.25) is 13.9 Å². The van der Waals surface area contributed by atoms with Crippen molar-refractivity contribution in [1.29, 1.82) is 0 Å². The maximum Gasteiger partial charge on any atom is 0.243 e. The largest absolute Gasteiger partial charge is 0.492 e. The number of hydrogen-bond donors (Lipinski definition) is 1. The summed E-state index contributed by atoms with van der Waals surface area (Å²) in [7, 11) is -3.65. The maximum atomic E-state index is 13.9. The number of carbonyl (C=O) groups is 2. The minimum atomic E-state index is -3.65. The zero-order chi connectivity index (χ0) is 30.5. The topological polar surface area (TPSA) is 96.0 Å². The van der Waals surface area contributed by atoms with Gasteiger partial charge in [-0.2, -0.15) is 0 Å². The number of nitrogens with zero attached hydrogens (tertiary/aromatic N) is 2. The summed E-state index contributed by atoms with van der Waals surface area (Å²) in [4.78, 5) is 29.0. The normalized spacial score (nSPS) is 11.9. The molecule has 0 unspecified atom stereocenters. The summed E-state index contributed by atoms with van der Waals surface area (Å²) < 4.78 is 32.5. The Balaban J connectivity index is 1.88. The summed E-state index contributed by atoms with van der Waals surface area (Å²) in [5.74, 6) is 0.0486. The van der Waals surface area contributed by atoms with Gasteiger partial charge in [-0.1, -0.05) is 79.2 Å². The van der Waals surface area contributed by atoms with E-state index in [1.807, 2.05) is 75.4 Å². The van der Waals surface area contributed by atoms with Gasteiger partial charge in [0.05, 0.1) is 18.6 Å². The van der Waals surface area contributed by atoms with Gasteiger partial charge in [-0.25, -0.2) is 8.42 Å². The summed E-state index contributed by atoms with van der Waals surface area (Å²) in [5, 5.41) is 2.98. The third-order valence-electron chi connectivity index (χ3n) is 6.88. The maximum absolute atomic E-state index is 13.9. The molecule has 0 spiro atoms. The van der Waals surface area contributed by atoms with E-state index in [4.69, 9.17) is 4.74 Å². The highest BCUT2D eigenvalue weighted by atomic mass is 32.2. The van der Waals surface area contributed by atoms with E-state index < -0.39 is 16.1 Å². The average Bonchev–Trinajstić information content (AvgIpc) is 2.97. The quantitative estimate of drug-likeness (QED) is 0.249. The van der Waals surface area contributed by atoms with Crippen molar-refractivity contribution < 1.29 is 22.7 Å². The Hall–Kier alpha value is -3.85. The van der Waals surface area contributed by atoms with Crippen LogP contribution in [-0.2, 0) is 32.6 Å². The van der Waals surface area contributed by atoms with Crippen molar-refractivity contribution in [3.05, 3.63) is 95.6 Å². The highest BCUT2D eigenvalue weighted by molar-refractivity contribution is 7.92. The highest BCUT2D eigenvalue weighted by Gasteiger charge is 2.30. The Morgan fingerprint density at radius 1 is 0.905 bits per heavy atom. The second-order valence-electron chi connectivity index (χ2n) is 10.3. The summed E-state index contributed by atoms with van der Waals surface area (Å²) in [5.41, 5.74) is 3.41. The number of amides is 2. The van der Waals surface area contributed by atoms with Crippen LogP contribution < -0.4 is 14.4 Å². The number of nitrogens with one attached hydrogen (secondary N) is 1. The first-order chi connectivity index (χ1) is 20.1. The van der Waals surface area contributed by atoms with E-state index in [2.05, 4.69) is 5.32 Å². The molecule has 3 rings (SSSR count). The molecule has 42 heavy (non-hydrogen) atoms. The molecule has 0 radical (unpaired) electrons. The second kappa shape index (κ2) is 16.0. The van der Waals surface area contributed by atoms with Gasteiger partial charge in [0.2, 0.25) is 21.8 Å². The van der Waals surface area contributed by atoms with E-state index in [9.17, 15) is 18.0 Å². The molecular weight excluding hydrogens is 550 g/mol. The van der Waals surface area contributed by atoms with Crippen molar-refractivity contribution in [3.8, 4) is 5.75 Å². The molecule has 0 heterocycles. The van der Waals surface area contributed by atoms with Gasteiger partial charge in [0, 0.05) is 32.5 Å². The first-order valence-corrected chi connectivity index (χ1v) is 16.3. The van der Waals surface area contributed by atoms with E-state index in [-0.39, 0.29) is 37.7 Å². The van der Waals surface area contributed by atoms with E-state index in [1.165, 1.54) is 4.31 Å². The number of benzene rings is 3. The van der Waals surface area contributed by atoms with Crippen molar-refractivity contribution in [2.45, 2.75) is 59.0 Å². The lowest BCUT2D eigenvalue weighted by Gasteiger charge is -2.32. The van der Waals surface area contributed by atoms with Gasteiger partial charge >= 0.3 is 0 Å². The second-order valence-corrected chi connectivity index (χ2v) is 12.3. The molecule has 2 amide bonds. The van der Waals surface area contributed by atoms with Crippen LogP contribution in [-0.4, -0.2) is 57.1 Å². The molecule has 0 aliphatic rings. The molecule has 9 heteroatoms. The predicted octanol–water partition coefficient (Wildman–Crippen LogP) is 5.11. The summed E-state index contributed by atoms with van der Waals surface area (Å²) in [6.45, 7) is 7.09. The van der Waals surface area contributed by atoms with Crippen LogP contribution in [0.2, 0.25) is 0 Å². The molecular formula is C33H43N3O5S. The first kappa shape index (κ1) is 32.7. The molecule has 226 valence electrons. The van der Waals surface area contributed by atoms with Crippen molar-refractivity contribution in [3.63, 3.8) is 0 Å². The van der Waals surface area contributed by atoms with Gasteiger partial charge in [0.1, 0.15) is 11.8 Å². The Labute approximate surface area is 250 Å². The molecule has 0 saturated heterocycles. The van der Waals surface area contributed by atoms with Crippen molar-refractivity contribution in [2.24, 2.45) is 0 Å². The lowest BCUT2D eigenvalue weighted by molar-refractivity contribution is -0.141. The van der Waals surface area contributed by atoms with Crippen molar-refractivity contribution in [2.75, 3.05) is 30.3 Å². The van der Waals surface area contributed by atoms with E-state index in [1.54, 1.807) is 29.2 Å². The Morgan fingerprint density at radius 3 is 2.21 bits per heavy atom. The lowest BCUT2D eigenvalue weighted by atomic mass is 10.0. The van der Waals surface area contributed by atoms with Crippen LogP contribution in [0.4, 0.5) is 5.69 Å². The van der Waals surface area contributed by atoms with Gasteiger partial charge < -0.3 is 15.0 Å². The van der Waals surface area contributed by atoms with Crippen LogP contribution in [0.3, 0.4) is 0 Å². The molecule has 8 nitrogen and oxygen atoms in total. The molecule has 0 aromatic heterocycles. The monoisotopic (exact) mass is 593 g/mol. The Kier molecular flexibility index (Phi) is 12.4. The van der Waals surface area contributed by atoms with Crippen LogP contribution in [0.15, 0.2) is 78.9 Å². The zero-order valence-corrected chi connectivity index (χ0v) is 25.9. The summed E-state index contributed by atoms with van der Waals surface area (Å²) in [6, 6.07) is 23.8.